The van der Waals surface area contributed by atoms with E-state index in [1.807, 2.05) is 91.3 Å². The highest BCUT2D eigenvalue weighted by Gasteiger charge is 2.41. The van der Waals surface area contributed by atoms with E-state index in [0.29, 0.717) is 41.3 Å². The van der Waals surface area contributed by atoms with E-state index in [2.05, 4.69) is 38.0 Å². The fraction of sp³-hybridized carbons (Fsp3) is 0.410. The molecule has 1 aromatic heterocycles. The number of nitrogens with one attached hydrogen (secondary N) is 1. The lowest BCUT2D eigenvalue weighted by Gasteiger charge is -2.36. The Bertz CT molecular complexity index is 1560. The van der Waals surface area contributed by atoms with Crippen LogP contribution in [0.1, 0.15) is 118 Å². The van der Waals surface area contributed by atoms with Crippen molar-refractivity contribution < 1.29 is 19.4 Å². The van der Waals surface area contributed by atoms with Gasteiger partial charge in [0.25, 0.3) is 0 Å². The molecule has 2 unspecified atom stereocenters. The highest BCUT2D eigenvalue weighted by atomic mass is 35.5. The third-order valence-corrected chi connectivity index (χ3v) is 8.96. The molecule has 0 radical (unpaired) electrons. The van der Waals surface area contributed by atoms with E-state index < -0.39 is 5.54 Å². The van der Waals surface area contributed by atoms with Gasteiger partial charge in [0.1, 0.15) is 17.0 Å². The van der Waals surface area contributed by atoms with Crippen molar-refractivity contribution in [1.82, 2.24) is 14.9 Å². The van der Waals surface area contributed by atoms with Crippen LogP contribution in [0.3, 0.4) is 0 Å². The van der Waals surface area contributed by atoms with Crippen LogP contribution in [0.15, 0.2) is 85.3 Å². The number of esters is 1. The van der Waals surface area contributed by atoms with Crippen LogP contribution < -0.4 is 5.32 Å². The molecule has 1 fully saturated rings. The molecule has 0 aliphatic heterocycles. The van der Waals surface area contributed by atoms with Gasteiger partial charge in [-0.1, -0.05) is 112 Å². The summed E-state index contributed by atoms with van der Waals surface area (Å²) in [5, 5.41) is 13.8. The van der Waals surface area contributed by atoms with Gasteiger partial charge in [-0.15, -0.1) is 0 Å². The molecule has 1 aliphatic rings. The van der Waals surface area contributed by atoms with Crippen LogP contribution in [0.2, 0.25) is 5.02 Å². The molecule has 8 heteroatoms. The molecule has 2 N–H and O–H groups in total. The van der Waals surface area contributed by atoms with Gasteiger partial charge < -0.3 is 19.7 Å². The zero-order valence-corrected chi connectivity index (χ0v) is 29.6. The normalized spacial score (nSPS) is 16.5. The Morgan fingerprint density at radius 1 is 0.957 bits per heavy atom. The first-order chi connectivity index (χ1) is 22.5. The van der Waals surface area contributed by atoms with Gasteiger partial charge in [0.2, 0.25) is 0 Å². The highest BCUT2D eigenvalue weighted by Crippen LogP contribution is 2.37. The lowest BCUT2D eigenvalue weighted by molar-refractivity contribution is -0.127. The lowest BCUT2D eigenvalue weighted by atomic mass is 9.75. The number of likely N-dealkylation sites (N-methyl/N-ethyl adjacent to an activating group) is 1. The van der Waals surface area contributed by atoms with E-state index in [-0.39, 0.29) is 17.8 Å². The minimum atomic E-state index is -0.559. The topological polar surface area (TPSA) is 93.4 Å². The smallest absolute Gasteiger partial charge is 0.356 e. The summed E-state index contributed by atoms with van der Waals surface area (Å²) in [5.41, 5.74) is 4.06. The van der Waals surface area contributed by atoms with Crippen molar-refractivity contribution >= 4 is 23.4 Å². The highest BCUT2D eigenvalue weighted by molar-refractivity contribution is 6.31. The maximum Gasteiger partial charge on any atom is 0.356 e. The number of hydrogen-bond acceptors (Lipinski definition) is 6. The van der Waals surface area contributed by atoms with Crippen LogP contribution in [0.4, 0.5) is 0 Å². The molecule has 2 atom stereocenters. The van der Waals surface area contributed by atoms with Gasteiger partial charge in [-0.2, -0.15) is 0 Å². The Kier molecular flexibility index (Phi) is 14.2. The molecule has 3 aromatic carbocycles. The fourth-order valence-corrected chi connectivity index (χ4v) is 6.20. The van der Waals surface area contributed by atoms with E-state index in [1.54, 1.807) is 13.3 Å². The summed E-state index contributed by atoms with van der Waals surface area (Å²) in [6.07, 6.45) is 6.74. The summed E-state index contributed by atoms with van der Waals surface area (Å²) in [5.74, 6) is 1.18. The number of carbonyl (C=O) groups is 2. The molecule has 1 aliphatic carbocycles. The molecule has 252 valence electrons. The van der Waals surface area contributed by atoms with Gasteiger partial charge in [-0.25, -0.2) is 9.78 Å². The molecule has 1 saturated carbocycles. The zero-order chi connectivity index (χ0) is 34.6. The van der Waals surface area contributed by atoms with Crippen molar-refractivity contribution in [1.29, 1.82) is 0 Å². The fourth-order valence-electron chi connectivity index (χ4n) is 5.90. The van der Waals surface area contributed by atoms with Crippen LogP contribution >= 0.6 is 11.6 Å². The number of phenols is 1. The molecule has 0 bridgehead atoms. The molecule has 0 spiro atoms. The Balaban J connectivity index is 0.000000194. The van der Waals surface area contributed by atoms with E-state index in [0.717, 1.165) is 41.5 Å². The number of nitrogens with zero attached hydrogens (tertiary/aromatic N) is 2. The number of ether oxygens (including phenoxy) is 1. The number of benzene rings is 3. The van der Waals surface area contributed by atoms with Crippen LogP contribution in [0.25, 0.3) is 0 Å². The summed E-state index contributed by atoms with van der Waals surface area (Å²) in [7, 11) is 1.84. The summed E-state index contributed by atoms with van der Waals surface area (Å²) in [6.45, 7) is 12.6. The van der Waals surface area contributed by atoms with Gasteiger partial charge >= 0.3 is 5.97 Å². The molecule has 1 heterocycles. The maximum absolute atomic E-state index is 12.2. The molecule has 7 nitrogen and oxygen atoms in total. The predicted octanol–water partition coefficient (Wildman–Crippen LogP) is 9.21. The maximum atomic E-state index is 12.2. The Labute approximate surface area is 285 Å². The number of hydrogen-bond donors (Lipinski definition) is 2. The average Bonchev–Trinajstić information content (AvgIpc) is 3.57. The largest absolute Gasteiger partial charge is 0.507 e. The second-order valence-electron chi connectivity index (χ2n) is 12.4. The van der Waals surface area contributed by atoms with Crippen molar-refractivity contribution in [2.75, 3.05) is 13.7 Å². The monoisotopic (exact) mass is 659 g/mol. The number of carbonyl (C=O) groups excluding carboxylic acids is 2. The summed E-state index contributed by atoms with van der Waals surface area (Å²) >= 11 is 6.20. The standard InChI is InChI=1S/C14H16N2O2.C13H16ClNO.C12H18O/c1-3-18-14(17)13-9-15-10-16(13)11(2)12-7-5-4-6-8-12;1-15-13(9-5-4-8-12(13)16)10-6-2-3-7-11(10)14;1-8(2)10-6-5-7-11(9(3)4)12(10)13/h4-11H,3H2,1-2H3;2-3,6-7,15H,4-5,8-9H2,1H3;5-9,13H,1-4H3. The minimum absolute atomic E-state index is 0.0492. The Morgan fingerprint density at radius 2 is 1.57 bits per heavy atom. The number of imidazole rings is 1. The first kappa shape index (κ1) is 37.5. The van der Waals surface area contributed by atoms with Crippen LogP contribution in [-0.2, 0) is 15.1 Å². The molecule has 0 amide bonds. The molecular formula is C39H50ClN3O4. The van der Waals surface area contributed by atoms with Gasteiger partial charge in [0.15, 0.2) is 5.78 Å². The molecular weight excluding hydrogens is 610 g/mol. The van der Waals surface area contributed by atoms with Crippen molar-refractivity contribution in [3.63, 3.8) is 0 Å². The molecule has 0 saturated heterocycles. The van der Waals surface area contributed by atoms with E-state index in [1.165, 1.54) is 6.20 Å². The van der Waals surface area contributed by atoms with Gasteiger partial charge in [-0.3, -0.25) is 4.79 Å². The third kappa shape index (κ3) is 9.33. The van der Waals surface area contributed by atoms with Crippen LogP contribution in [0.5, 0.6) is 5.75 Å². The summed E-state index contributed by atoms with van der Waals surface area (Å²) in [6, 6.07) is 23.6. The number of aromatic nitrogens is 2. The van der Waals surface area contributed by atoms with Crippen molar-refractivity contribution in [3.05, 3.63) is 118 Å². The minimum Gasteiger partial charge on any atom is -0.507 e. The first-order valence-corrected chi connectivity index (χ1v) is 16.9. The van der Waals surface area contributed by atoms with Gasteiger partial charge in [0, 0.05) is 11.4 Å². The molecule has 5 rings (SSSR count). The van der Waals surface area contributed by atoms with Gasteiger partial charge in [0.05, 0.1) is 25.2 Å². The average molecular weight is 660 g/mol. The second-order valence-corrected chi connectivity index (χ2v) is 12.8. The number of aromatic hydroxyl groups is 1. The van der Waals surface area contributed by atoms with E-state index >= 15 is 0 Å². The second kappa shape index (κ2) is 17.8. The zero-order valence-electron chi connectivity index (χ0n) is 28.8. The number of Topliss-reactive ketones (excluding diaryl/α,β-unsaturated/α-hetero) is 1. The quantitative estimate of drug-likeness (QED) is 0.183. The number of ketones is 1. The van der Waals surface area contributed by atoms with Crippen molar-refractivity contribution in [3.8, 4) is 5.75 Å². The van der Waals surface area contributed by atoms with Crippen molar-refractivity contribution in [2.24, 2.45) is 0 Å². The molecule has 47 heavy (non-hydrogen) atoms. The van der Waals surface area contributed by atoms with E-state index in [9.17, 15) is 14.7 Å². The Hall–Kier alpha value is -3.94. The third-order valence-electron chi connectivity index (χ3n) is 8.63. The SMILES string of the molecule is CC(C)c1cccc(C(C)C)c1O.CCOC(=O)c1cncn1C(C)c1ccccc1.CNC1(c2ccccc2Cl)CCCCC1=O. The van der Waals surface area contributed by atoms with Crippen molar-refractivity contribution in [2.45, 2.75) is 90.6 Å². The first-order valence-electron chi connectivity index (χ1n) is 16.5. The molecule has 4 aromatic rings. The Morgan fingerprint density at radius 3 is 2.13 bits per heavy atom. The summed E-state index contributed by atoms with van der Waals surface area (Å²) in [4.78, 5) is 28.0. The predicted molar refractivity (Wildman–Crippen MR) is 190 cm³/mol. The number of halogens is 1. The van der Waals surface area contributed by atoms with Crippen LogP contribution in [-0.4, -0.2) is 40.1 Å². The number of rotatable bonds is 8. The van der Waals surface area contributed by atoms with Gasteiger partial charge in [-0.05, 0) is 73.9 Å². The van der Waals surface area contributed by atoms with E-state index in [4.69, 9.17) is 16.3 Å². The lowest BCUT2D eigenvalue weighted by Crippen LogP contribution is -2.49. The number of para-hydroxylation sites is 1. The summed E-state index contributed by atoms with van der Waals surface area (Å²) < 4.78 is 6.84. The number of phenolic OH excluding ortho intramolecular Hbond substituents is 1. The van der Waals surface area contributed by atoms with Crippen LogP contribution in [0, 0.1) is 0 Å².